The van der Waals surface area contributed by atoms with Crippen molar-refractivity contribution in [3.8, 4) is 0 Å². The van der Waals surface area contributed by atoms with Crippen LogP contribution in [0.25, 0.3) is 21.2 Å². The van der Waals surface area contributed by atoms with Crippen LogP contribution in [0.15, 0.2) is 62.7 Å². The van der Waals surface area contributed by atoms with Gasteiger partial charge in [0.15, 0.2) is 4.80 Å². The van der Waals surface area contributed by atoms with Crippen LogP contribution in [-0.2, 0) is 16.0 Å². The first-order chi connectivity index (χ1) is 15.0. The van der Waals surface area contributed by atoms with Crippen molar-refractivity contribution in [2.45, 2.75) is 6.54 Å². The van der Waals surface area contributed by atoms with Gasteiger partial charge in [-0.05, 0) is 30.3 Å². The zero-order valence-electron chi connectivity index (χ0n) is 16.8. The standard InChI is InChI=1S/C22H18N2O6S/c1-28-10-9-24-16-8-7-14(20(26)29-2)12-18(16)31-22(24)23-19(25)15-11-13-5-3-4-6-17(13)30-21(15)27/h3-8,11-12H,9-10H2,1-2H3. The second kappa shape index (κ2) is 8.66. The van der Waals surface area contributed by atoms with Gasteiger partial charge in [-0.15, -0.1) is 0 Å². The summed E-state index contributed by atoms with van der Waals surface area (Å²) in [5.41, 5.74) is 0.682. The van der Waals surface area contributed by atoms with Crippen molar-refractivity contribution in [2.24, 2.45) is 4.99 Å². The number of carbonyl (C=O) groups excluding carboxylic acids is 2. The van der Waals surface area contributed by atoms with Gasteiger partial charge in [0.1, 0.15) is 11.1 Å². The number of carbonyl (C=O) groups is 2. The SMILES string of the molecule is COCCn1c(=NC(=O)c2cc3ccccc3oc2=O)sc2cc(C(=O)OC)ccc21. The van der Waals surface area contributed by atoms with Crippen LogP contribution >= 0.6 is 11.3 Å². The van der Waals surface area contributed by atoms with Crippen molar-refractivity contribution in [3.05, 3.63) is 74.9 Å². The Balaban J connectivity index is 1.85. The van der Waals surface area contributed by atoms with Gasteiger partial charge in [0.05, 0.1) is 29.5 Å². The summed E-state index contributed by atoms with van der Waals surface area (Å²) in [6.07, 6.45) is 0. The summed E-state index contributed by atoms with van der Waals surface area (Å²) in [7, 11) is 2.89. The number of para-hydroxylation sites is 1. The molecule has 158 valence electrons. The Morgan fingerprint density at radius 1 is 1.13 bits per heavy atom. The van der Waals surface area contributed by atoms with Crippen LogP contribution in [0.4, 0.5) is 0 Å². The Morgan fingerprint density at radius 2 is 1.94 bits per heavy atom. The lowest BCUT2D eigenvalue weighted by molar-refractivity contribution is 0.0600. The number of fused-ring (bicyclic) bond motifs is 2. The van der Waals surface area contributed by atoms with E-state index in [4.69, 9.17) is 13.9 Å². The maximum Gasteiger partial charge on any atom is 0.349 e. The number of hydrogen-bond donors (Lipinski definition) is 0. The van der Waals surface area contributed by atoms with Crippen LogP contribution in [0, 0.1) is 0 Å². The highest BCUT2D eigenvalue weighted by Gasteiger charge is 2.16. The fourth-order valence-corrected chi connectivity index (χ4v) is 4.25. The molecule has 0 aliphatic heterocycles. The predicted molar refractivity (Wildman–Crippen MR) is 115 cm³/mol. The molecule has 0 unspecified atom stereocenters. The number of methoxy groups -OCH3 is 2. The number of esters is 1. The molecule has 0 saturated carbocycles. The normalized spacial score (nSPS) is 11.9. The highest BCUT2D eigenvalue weighted by atomic mass is 32.1. The van der Waals surface area contributed by atoms with Crippen molar-refractivity contribution in [3.63, 3.8) is 0 Å². The number of aromatic nitrogens is 1. The summed E-state index contributed by atoms with van der Waals surface area (Å²) in [5, 5.41) is 0.631. The molecule has 0 aliphatic carbocycles. The molecular weight excluding hydrogens is 420 g/mol. The molecule has 0 spiro atoms. The van der Waals surface area contributed by atoms with Gasteiger partial charge in [0.25, 0.3) is 5.91 Å². The molecule has 0 radical (unpaired) electrons. The van der Waals surface area contributed by atoms with Gasteiger partial charge in [-0.25, -0.2) is 9.59 Å². The number of ether oxygens (including phenoxy) is 2. The minimum atomic E-state index is -0.745. The minimum Gasteiger partial charge on any atom is -0.465 e. The lowest BCUT2D eigenvalue weighted by Gasteiger charge is -2.05. The zero-order valence-corrected chi connectivity index (χ0v) is 17.6. The van der Waals surface area contributed by atoms with Gasteiger partial charge in [-0.2, -0.15) is 4.99 Å². The van der Waals surface area contributed by atoms with E-state index in [1.165, 1.54) is 24.5 Å². The first kappa shape index (κ1) is 20.7. The molecule has 4 aromatic rings. The molecule has 2 heterocycles. The Hall–Kier alpha value is -3.56. The highest BCUT2D eigenvalue weighted by Crippen LogP contribution is 2.20. The maximum atomic E-state index is 12.9. The summed E-state index contributed by atoms with van der Waals surface area (Å²) in [5.74, 6) is -1.16. The summed E-state index contributed by atoms with van der Waals surface area (Å²) < 4.78 is 17.8. The summed E-state index contributed by atoms with van der Waals surface area (Å²) in [6, 6.07) is 13.5. The van der Waals surface area contributed by atoms with E-state index in [-0.39, 0.29) is 5.56 Å². The van der Waals surface area contributed by atoms with E-state index in [1.54, 1.807) is 49.6 Å². The molecule has 31 heavy (non-hydrogen) atoms. The van der Waals surface area contributed by atoms with E-state index in [0.717, 1.165) is 10.2 Å². The summed E-state index contributed by atoms with van der Waals surface area (Å²) in [6.45, 7) is 0.830. The van der Waals surface area contributed by atoms with Gasteiger partial charge in [0.2, 0.25) is 0 Å². The maximum absolute atomic E-state index is 12.9. The lowest BCUT2D eigenvalue weighted by atomic mass is 10.2. The third kappa shape index (κ3) is 4.05. The van der Waals surface area contributed by atoms with Gasteiger partial charge < -0.3 is 18.5 Å². The number of rotatable bonds is 5. The Bertz CT molecular complexity index is 1430. The van der Waals surface area contributed by atoms with E-state index < -0.39 is 17.5 Å². The number of thiazole rings is 1. The van der Waals surface area contributed by atoms with E-state index >= 15 is 0 Å². The fraction of sp³-hybridized carbons (Fsp3) is 0.182. The molecule has 0 aliphatic rings. The van der Waals surface area contributed by atoms with Crippen molar-refractivity contribution < 1.29 is 23.5 Å². The largest absolute Gasteiger partial charge is 0.465 e. The molecule has 0 atom stereocenters. The third-order valence-electron chi connectivity index (χ3n) is 4.69. The zero-order chi connectivity index (χ0) is 22.0. The van der Waals surface area contributed by atoms with E-state index in [2.05, 4.69) is 4.99 Å². The van der Waals surface area contributed by atoms with Crippen LogP contribution in [0.1, 0.15) is 20.7 Å². The molecule has 8 nitrogen and oxygen atoms in total. The summed E-state index contributed by atoms with van der Waals surface area (Å²) in [4.78, 5) is 41.6. The number of nitrogens with zero attached hydrogens (tertiary/aromatic N) is 2. The molecule has 0 saturated heterocycles. The first-order valence-corrected chi connectivity index (χ1v) is 10.2. The van der Waals surface area contributed by atoms with Gasteiger partial charge in [0, 0.05) is 19.0 Å². The molecule has 0 bridgehead atoms. The molecule has 4 rings (SSSR count). The molecule has 0 N–H and O–H groups in total. The van der Waals surface area contributed by atoms with Gasteiger partial charge >= 0.3 is 11.6 Å². The fourth-order valence-electron chi connectivity index (χ4n) is 3.16. The molecular formula is C22H18N2O6S. The van der Waals surface area contributed by atoms with Crippen molar-refractivity contribution >= 4 is 44.4 Å². The first-order valence-electron chi connectivity index (χ1n) is 9.34. The molecule has 0 fully saturated rings. The molecule has 1 amide bonds. The van der Waals surface area contributed by atoms with Crippen LogP contribution in [0.2, 0.25) is 0 Å². The van der Waals surface area contributed by atoms with Crippen LogP contribution < -0.4 is 10.4 Å². The molecule has 2 aromatic heterocycles. The average molecular weight is 438 g/mol. The van der Waals surface area contributed by atoms with Crippen molar-refractivity contribution in [1.82, 2.24) is 4.57 Å². The van der Waals surface area contributed by atoms with Crippen molar-refractivity contribution in [2.75, 3.05) is 20.8 Å². The van der Waals surface area contributed by atoms with Crippen LogP contribution in [0.5, 0.6) is 0 Å². The van der Waals surface area contributed by atoms with E-state index in [0.29, 0.717) is 34.5 Å². The molecule has 9 heteroatoms. The van der Waals surface area contributed by atoms with Crippen LogP contribution in [-0.4, -0.2) is 37.3 Å². The lowest BCUT2D eigenvalue weighted by Crippen LogP contribution is -2.21. The Labute approximate surface area is 180 Å². The number of amides is 1. The Kier molecular flexibility index (Phi) is 5.79. The topological polar surface area (TPSA) is 100 Å². The number of hydrogen-bond acceptors (Lipinski definition) is 7. The average Bonchev–Trinajstić information content (AvgIpc) is 3.12. The third-order valence-corrected chi connectivity index (χ3v) is 5.73. The summed E-state index contributed by atoms with van der Waals surface area (Å²) >= 11 is 1.23. The van der Waals surface area contributed by atoms with E-state index in [1.807, 2.05) is 4.57 Å². The second-order valence-corrected chi connectivity index (χ2v) is 7.61. The second-order valence-electron chi connectivity index (χ2n) is 6.61. The minimum absolute atomic E-state index is 0.148. The van der Waals surface area contributed by atoms with Crippen LogP contribution in [0.3, 0.4) is 0 Å². The highest BCUT2D eigenvalue weighted by molar-refractivity contribution is 7.16. The monoisotopic (exact) mass is 438 g/mol. The van der Waals surface area contributed by atoms with Gasteiger partial charge in [-0.1, -0.05) is 29.5 Å². The smallest absolute Gasteiger partial charge is 0.349 e. The van der Waals surface area contributed by atoms with Crippen molar-refractivity contribution in [1.29, 1.82) is 0 Å². The predicted octanol–water partition coefficient (Wildman–Crippen LogP) is 2.98. The quantitative estimate of drug-likeness (QED) is 0.351. The molecule has 2 aromatic carbocycles. The van der Waals surface area contributed by atoms with E-state index in [9.17, 15) is 14.4 Å². The van der Waals surface area contributed by atoms with Gasteiger partial charge in [-0.3, -0.25) is 4.79 Å². The number of benzene rings is 2. The Morgan fingerprint density at radius 3 is 2.71 bits per heavy atom.